The van der Waals surface area contributed by atoms with Crippen molar-refractivity contribution in [3.8, 4) is 0 Å². The third-order valence-electron chi connectivity index (χ3n) is 4.04. The molecule has 98 valence electrons. The maximum absolute atomic E-state index is 12.3. The fourth-order valence-corrected chi connectivity index (χ4v) is 2.74. The first kappa shape index (κ1) is 12.7. The molecule has 1 atom stereocenters. The Kier molecular flexibility index (Phi) is 3.61. The molecule has 0 aromatic carbocycles. The summed E-state index contributed by atoms with van der Waals surface area (Å²) >= 11 is 0. The van der Waals surface area contributed by atoms with E-state index in [4.69, 9.17) is 0 Å². The summed E-state index contributed by atoms with van der Waals surface area (Å²) in [5.74, 6) is 0.626. The summed E-state index contributed by atoms with van der Waals surface area (Å²) in [5, 5.41) is 9.87. The van der Waals surface area contributed by atoms with Crippen LogP contribution in [0.3, 0.4) is 0 Å². The van der Waals surface area contributed by atoms with E-state index < -0.39 is 5.60 Å². The average molecular weight is 240 g/mol. The van der Waals surface area contributed by atoms with Crippen molar-refractivity contribution in [2.75, 3.05) is 26.2 Å². The Morgan fingerprint density at radius 1 is 1.24 bits per heavy atom. The van der Waals surface area contributed by atoms with E-state index in [0.29, 0.717) is 31.8 Å². The van der Waals surface area contributed by atoms with Crippen LogP contribution in [-0.2, 0) is 0 Å². The lowest BCUT2D eigenvalue weighted by Crippen LogP contribution is -2.52. The van der Waals surface area contributed by atoms with Gasteiger partial charge in [0, 0.05) is 26.2 Å². The molecular formula is C13H24N2O2. The third kappa shape index (κ3) is 3.12. The van der Waals surface area contributed by atoms with Gasteiger partial charge in [0.25, 0.3) is 0 Å². The lowest BCUT2D eigenvalue weighted by molar-refractivity contribution is -0.000579. The van der Waals surface area contributed by atoms with Crippen LogP contribution in [0.2, 0.25) is 0 Å². The van der Waals surface area contributed by atoms with E-state index in [2.05, 4.69) is 6.92 Å². The number of aliphatic hydroxyl groups is 1. The van der Waals surface area contributed by atoms with Crippen molar-refractivity contribution in [2.24, 2.45) is 5.92 Å². The Hall–Kier alpha value is -0.770. The second-order valence-corrected chi connectivity index (χ2v) is 5.96. The first-order valence-electron chi connectivity index (χ1n) is 6.74. The number of nitrogens with zero attached hydrogens (tertiary/aromatic N) is 2. The normalized spacial score (nSPS) is 29.2. The minimum absolute atomic E-state index is 0.173. The van der Waals surface area contributed by atoms with Crippen LogP contribution in [0.4, 0.5) is 4.79 Å². The summed E-state index contributed by atoms with van der Waals surface area (Å²) < 4.78 is 0. The minimum atomic E-state index is -0.577. The highest BCUT2D eigenvalue weighted by Crippen LogP contribution is 2.23. The van der Waals surface area contributed by atoms with Crippen molar-refractivity contribution in [3.05, 3.63) is 0 Å². The Balaban J connectivity index is 1.88. The summed E-state index contributed by atoms with van der Waals surface area (Å²) in [4.78, 5) is 16.2. The molecule has 0 aromatic heterocycles. The zero-order chi connectivity index (χ0) is 12.5. The van der Waals surface area contributed by atoms with Gasteiger partial charge in [0.15, 0.2) is 0 Å². The van der Waals surface area contributed by atoms with Crippen molar-refractivity contribution < 1.29 is 9.90 Å². The van der Waals surface area contributed by atoms with Gasteiger partial charge in [-0.05, 0) is 38.5 Å². The molecule has 0 spiro atoms. The molecule has 2 aliphatic heterocycles. The molecule has 0 aliphatic carbocycles. The van der Waals surface area contributed by atoms with Crippen LogP contribution in [0.15, 0.2) is 0 Å². The van der Waals surface area contributed by atoms with Gasteiger partial charge in [-0.3, -0.25) is 0 Å². The molecule has 2 saturated heterocycles. The van der Waals surface area contributed by atoms with Gasteiger partial charge < -0.3 is 14.9 Å². The Morgan fingerprint density at radius 3 is 2.47 bits per heavy atom. The van der Waals surface area contributed by atoms with E-state index in [-0.39, 0.29) is 6.03 Å². The second-order valence-electron chi connectivity index (χ2n) is 5.96. The van der Waals surface area contributed by atoms with Crippen LogP contribution in [0, 0.1) is 5.92 Å². The monoisotopic (exact) mass is 240 g/mol. The molecule has 1 N–H and O–H groups in total. The predicted octanol–water partition coefficient (Wildman–Crippen LogP) is 1.69. The number of hydrogen-bond acceptors (Lipinski definition) is 2. The first-order valence-corrected chi connectivity index (χ1v) is 6.74. The molecule has 2 fully saturated rings. The maximum Gasteiger partial charge on any atom is 0.320 e. The van der Waals surface area contributed by atoms with Gasteiger partial charge in [0.1, 0.15) is 0 Å². The number of carbonyl (C=O) groups excluding carboxylic acids is 1. The summed E-state index contributed by atoms with van der Waals surface area (Å²) in [5.41, 5.74) is -0.577. The van der Waals surface area contributed by atoms with Crippen LogP contribution >= 0.6 is 0 Å². The smallest absolute Gasteiger partial charge is 0.320 e. The Labute approximate surface area is 104 Å². The second kappa shape index (κ2) is 4.84. The quantitative estimate of drug-likeness (QED) is 0.700. The molecule has 0 bridgehead atoms. The standard InChI is InChI=1S/C13H24N2O2/c1-11-4-3-7-15(10-11)12(16)14-8-5-13(2,17)6-9-14/h11,17H,3-10H2,1-2H3. The Morgan fingerprint density at radius 2 is 1.88 bits per heavy atom. The van der Waals surface area contributed by atoms with Gasteiger partial charge in [0.05, 0.1) is 5.60 Å². The van der Waals surface area contributed by atoms with E-state index in [9.17, 15) is 9.90 Å². The van der Waals surface area contributed by atoms with Crippen LogP contribution in [-0.4, -0.2) is 52.7 Å². The molecule has 17 heavy (non-hydrogen) atoms. The average Bonchev–Trinajstić information content (AvgIpc) is 2.28. The fourth-order valence-electron chi connectivity index (χ4n) is 2.74. The Bertz CT molecular complexity index is 281. The molecule has 2 amide bonds. The minimum Gasteiger partial charge on any atom is -0.390 e. The van der Waals surface area contributed by atoms with Crippen molar-refractivity contribution in [1.29, 1.82) is 0 Å². The van der Waals surface area contributed by atoms with E-state index in [1.54, 1.807) is 0 Å². The lowest BCUT2D eigenvalue weighted by Gasteiger charge is -2.40. The van der Waals surface area contributed by atoms with E-state index in [1.807, 2.05) is 16.7 Å². The van der Waals surface area contributed by atoms with Crippen molar-refractivity contribution in [3.63, 3.8) is 0 Å². The summed E-state index contributed by atoms with van der Waals surface area (Å²) in [6, 6.07) is 0.173. The van der Waals surface area contributed by atoms with Gasteiger partial charge in [-0.1, -0.05) is 6.92 Å². The number of urea groups is 1. The van der Waals surface area contributed by atoms with Crippen molar-refractivity contribution >= 4 is 6.03 Å². The zero-order valence-corrected chi connectivity index (χ0v) is 11.0. The van der Waals surface area contributed by atoms with Crippen LogP contribution < -0.4 is 0 Å². The van der Waals surface area contributed by atoms with Crippen LogP contribution in [0.25, 0.3) is 0 Å². The maximum atomic E-state index is 12.3. The molecule has 4 heteroatoms. The molecule has 0 saturated carbocycles. The van der Waals surface area contributed by atoms with Gasteiger partial charge in [-0.25, -0.2) is 4.79 Å². The molecule has 0 aromatic rings. The molecular weight excluding hydrogens is 216 g/mol. The summed E-state index contributed by atoms with van der Waals surface area (Å²) in [6.07, 6.45) is 3.75. The molecule has 2 rings (SSSR count). The van der Waals surface area contributed by atoms with Crippen LogP contribution in [0.1, 0.15) is 39.5 Å². The molecule has 1 unspecified atom stereocenters. The van der Waals surface area contributed by atoms with Crippen molar-refractivity contribution in [2.45, 2.75) is 45.1 Å². The number of piperidine rings is 2. The van der Waals surface area contributed by atoms with Gasteiger partial charge in [-0.15, -0.1) is 0 Å². The fraction of sp³-hybridized carbons (Fsp3) is 0.923. The zero-order valence-electron chi connectivity index (χ0n) is 11.0. The summed E-state index contributed by atoms with van der Waals surface area (Å²) in [6.45, 7) is 7.24. The van der Waals surface area contributed by atoms with E-state index in [0.717, 1.165) is 19.5 Å². The van der Waals surface area contributed by atoms with E-state index >= 15 is 0 Å². The number of carbonyl (C=O) groups is 1. The highest BCUT2D eigenvalue weighted by Gasteiger charge is 2.32. The third-order valence-corrected chi connectivity index (χ3v) is 4.04. The number of likely N-dealkylation sites (tertiary alicyclic amines) is 2. The number of hydrogen-bond donors (Lipinski definition) is 1. The highest BCUT2D eigenvalue weighted by atomic mass is 16.3. The molecule has 2 heterocycles. The topological polar surface area (TPSA) is 43.8 Å². The van der Waals surface area contributed by atoms with E-state index in [1.165, 1.54) is 6.42 Å². The van der Waals surface area contributed by atoms with Crippen LogP contribution in [0.5, 0.6) is 0 Å². The number of rotatable bonds is 0. The lowest BCUT2D eigenvalue weighted by atomic mass is 9.94. The van der Waals surface area contributed by atoms with Gasteiger partial charge in [0.2, 0.25) is 0 Å². The van der Waals surface area contributed by atoms with Crippen molar-refractivity contribution in [1.82, 2.24) is 9.80 Å². The van der Waals surface area contributed by atoms with Gasteiger partial charge in [-0.2, -0.15) is 0 Å². The highest BCUT2D eigenvalue weighted by molar-refractivity contribution is 5.74. The molecule has 2 aliphatic rings. The number of amides is 2. The molecule has 4 nitrogen and oxygen atoms in total. The predicted molar refractivity (Wildman–Crippen MR) is 66.8 cm³/mol. The van der Waals surface area contributed by atoms with Gasteiger partial charge >= 0.3 is 6.03 Å². The molecule has 0 radical (unpaired) electrons. The largest absolute Gasteiger partial charge is 0.390 e. The first-order chi connectivity index (χ1) is 7.98. The summed E-state index contributed by atoms with van der Waals surface area (Å²) in [7, 11) is 0. The SMILES string of the molecule is CC1CCCN(C(=O)N2CCC(C)(O)CC2)C1.